The van der Waals surface area contributed by atoms with Crippen molar-refractivity contribution in [2.75, 3.05) is 0 Å². The molecule has 0 aromatic heterocycles. The van der Waals surface area contributed by atoms with Crippen LogP contribution in [0.5, 0.6) is 5.75 Å². The highest BCUT2D eigenvalue weighted by molar-refractivity contribution is 5.91. The van der Waals surface area contributed by atoms with Gasteiger partial charge in [-0.3, -0.25) is 0 Å². The van der Waals surface area contributed by atoms with E-state index in [2.05, 4.69) is 4.74 Å². The molecule has 0 radical (unpaired) electrons. The van der Waals surface area contributed by atoms with Gasteiger partial charge >= 0.3 is 5.97 Å². The minimum absolute atomic E-state index is 0.0843. The Balaban J connectivity index is 2.43. The zero-order valence-electron chi connectivity index (χ0n) is 10.5. The Morgan fingerprint density at radius 3 is 1.95 bits per heavy atom. The molecule has 0 N–H and O–H groups in total. The van der Waals surface area contributed by atoms with Gasteiger partial charge in [0.2, 0.25) is 34.8 Å². The summed E-state index contributed by atoms with van der Waals surface area (Å²) in [6, 6.07) is 5.75. The maximum absolute atomic E-state index is 13.4. The van der Waals surface area contributed by atoms with Crippen LogP contribution in [0.15, 0.2) is 24.3 Å². The van der Waals surface area contributed by atoms with E-state index in [1.807, 2.05) is 0 Å². The van der Waals surface area contributed by atoms with Gasteiger partial charge in [-0.05, 0) is 19.1 Å². The van der Waals surface area contributed by atoms with Crippen LogP contribution in [0.1, 0.15) is 15.9 Å². The minimum atomic E-state index is -2.32. The van der Waals surface area contributed by atoms with Crippen molar-refractivity contribution in [3.8, 4) is 5.75 Å². The van der Waals surface area contributed by atoms with Crippen molar-refractivity contribution in [3.63, 3.8) is 0 Å². The van der Waals surface area contributed by atoms with Crippen LogP contribution >= 0.6 is 0 Å². The highest BCUT2D eigenvalue weighted by Crippen LogP contribution is 2.29. The monoisotopic (exact) mass is 302 g/mol. The van der Waals surface area contributed by atoms with Gasteiger partial charge in [0.15, 0.2) is 0 Å². The van der Waals surface area contributed by atoms with E-state index in [0.717, 1.165) is 0 Å². The molecule has 0 aliphatic carbocycles. The normalized spacial score (nSPS) is 10.6. The molecule has 0 heterocycles. The van der Waals surface area contributed by atoms with Crippen LogP contribution < -0.4 is 4.74 Å². The molecule has 0 bridgehead atoms. The SMILES string of the molecule is Cc1cccc(C(=O)Oc2c(F)c(F)c(F)c(F)c2F)c1. The summed E-state index contributed by atoms with van der Waals surface area (Å²) < 4.78 is 69.8. The number of aryl methyl sites for hydroxylation is 1. The molecule has 2 rings (SSSR count). The molecule has 21 heavy (non-hydrogen) atoms. The molecule has 0 saturated heterocycles. The van der Waals surface area contributed by atoms with Crippen LogP contribution in [0, 0.1) is 36.0 Å². The second-order valence-corrected chi connectivity index (χ2v) is 4.16. The van der Waals surface area contributed by atoms with Crippen molar-refractivity contribution in [1.29, 1.82) is 0 Å². The number of esters is 1. The van der Waals surface area contributed by atoms with Crippen LogP contribution in [0.2, 0.25) is 0 Å². The topological polar surface area (TPSA) is 26.3 Å². The molecule has 2 nitrogen and oxygen atoms in total. The summed E-state index contributed by atoms with van der Waals surface area (Å²) in [5, 5.41) is 0. The third-order valence-corrected chi connectivity index (χ3v) is 2.62. The minimum Gasteiger partial charge on any atom is -0.416 e. The highest BCUT2D eigenvalue weighted by atomic mass is 19.2. The van der Waals surface area contributed by atoms with Crippen LogP contribution in [0.3, 0.4) is 0 Å². The molecule has 0 saturated carbocycles. The fourth-order valence-corrected chi connectivity index (χ4v) is 1.60. The van der Waals surface area contributed by atoms with E-state index in [-0.39, 0.29) is 5.56 Å². The first kappa shape index (κ1) is 15.0. The molecule has 7 heteroatoms. The Hall–Kier alpha value is -2.44. The van der Waals surface area contributed by atoms with Gasteiger partial charge in [0.05, 0.1) is 5.56 Å². The van der Waals surface area contributed by atoms with Crippen LogP contribution in [-0.4, -0.2) is 5.97 Å². The smallest absolute Gasteiger partial charge is 0.343 e. The predicted octanol–water partition coefficient (Wildman–Crippen LogP) is 3.91. The van der Waals surface area contributed by atoms with Gasteiger partial charge in [-0.1, -0.05) is 17.7 Å². The third-order valence-electron chi connectivity index (χ3n) is 2.62. The summed E-state index contributed by atoms with van der Waals surface area (Å²) in [6.07, 6.45) is 0. The van der Waals surface area contributed by atoms with Gasteiger partial charge in [-0.15, -0.1) is 0 Å². The molecule has 2 aromatic rings. The molecular formula is C14H7F5O2. The van der Waals surface area contributed by atoms with E-state index in [1.165, 1.54) is 18.2 Å². The lowest BCUT2D eigenvalue weighted by Crippen LogP contribution is -2.13. The van der Waals surface area contributed by atoms with E-state index in [1.54, 1.807) is 13.0 Å². The van der Waals surface area contributed by atoms with Crippen LogP contribution in [0.4, 0.5) is 22.0 Å². The number of hydrogen-bond acceptors (Lipinski definition) is 2. The predicted molar refractivity (Wildman–Crippen MR) is 62.4 cm³/mol. The largest absolute Gasteiger partial charge is 0.416 e. The Morgan fingerprint density at radius 2 is 1.43 bits per heavy atom. The Labute approximate surface area is 115 Å². The second-order valence-electron chi connectivity index (χ2n) is 4.16. The van der Waals surface area contributed by atoms with Gasteiger partial charge in [-0.2, -0.15) is 8.78 Å². The number of halogens is 5. The highest BCUT2D eigenvalue weighted by Gasteiger charge is 2.28. The van der Waals surface area contributed by atoms with Crippen LogP contribution in [0.25, 0.3) is 0 Å². The van der Waals surface area contributed by atoms with Gasteiger partial charge in [-0.25, -0.2) is 18.0 Å². The number of carbonyl (C=O) groups is 1. The first-order valence-electron chi connectivity index (χ1n) is 5.63. The molecule has 0 aliphatic heterocycles. The maximum atomic E-state index is 13.4. The van der Waals surface area contributed by atoms with Crippen molar-refractivity contribution in [2.45, 2.75) is 6.92 Å². The van der Waals surface area contributed by atoms with Gasteiger partial charge < -0.3 is 4.74 Å². The maximum Gasteiger partial charge on any atom is 0.343 e. The zero-order chi connectivity index (χ0) is 15.7. The quantitative estimate of drug-likeness (QED) is 0.276. The van der Waals surface area contributed by atoms with Crippen molar-refractivity contribution < 1.29 is 31.5 Å². The van der Waals surface area contributed by atoms with E-state index >= 15 is 0 Å². The molecule has 0 fully saturated rings. The van der Waals surface area contributed by atoms with Crippen LogP contribution in [-0.2, 0) is 0 Å². The average Bonchev–Trinajstić information content (AvgIpc) is 2.47. The Bertz CT molecular complexity index is 699. The lowest BCUT2D eigenvalue weighted by atomic mass is 10.1. The van der Waals surface area contributed by atoms with Gasteiger partial charge in [0.1, 0.15) is 0 Å². The molecule has 0 atom stereocenters. The number of hydrogen-bond donors (Lipinski definition) is 0. The van der Waals surface area contributed by atoms with Crippen molar-refractivity contribution >= 4 is 5.97 Å². The molecular weight excluding hydrogens is 295 g/mol. The summed E-state index contributed by atoms with van der Waals surface area (Å²) in [7, 11) is 0. The molecule has 110 valence electrons. The van der Waals surface area contributed by atoms with Gasteiger partial charge in [0, 0.05) is 0 Å². The summed E-state index contributed by atoms with van der Waals surface area (Å²) in [5.74, 6) is -13.9. The lowest BCUT2D eigenvalue weighted by Gasteiger charge is -2.09. The standard InChI is InChI=1S/C14H7F5O2/c1-6-3-2-4-7(5-6)14(20)21-13-11(18)9(16)8(15)10(17)12(13)19/h2-5H,1H3. The molecule has 0 unspecified atom stereocenters. The van der Waals surface area contributed by atoms with Gasteiger partial charge in [0.25, 0.3) is 0 Å². The first-order valence-corrected chi connectivity index (χ1v) is 5.63. The Morgan fingerprint density at radius 1 is 0.905 bits per heavy atom. The number of carbonyl (C=O) groups excluding carboxylic acids is 1. The van der Waals surface area contributed by atoms with Crippen molar-refractivity contribution in [2.24, 2.45) is 0 Å². The molecule has 0 aliphatic rings. The summed E-state index contributed by atoms with van der Waals surface area (Å²) >= 11 is 0. The third kappa shape index (κ3) is 2.72. The fourth-order valence-electron chi connectivity index (χ4n) is 1.60. The van der Waals surface area contributed by atoms with E-state index in [0.29, 0.717) is 5.56 Å². The zero-order valence-corrected chi connectivity index (χ0v) is 10.5. The number of rotatable bonds is 2. The van der Waals surface area contributed by atoms with E-state index in [9.17, 15) is 26.7 Å². The summed E-state index contributed by atoms with van der Waals surface area (Å²) in [6.45, 7) is 1.65. The first-order chi connectivity index (χ1) is 9.82. The summed E-state index contributed by atoms with van der Waals surface area (Å²) in [4.78, 5) is 11.7. The van der Waals surface area contributed by atoms with Crippen molar-refractivity contribution in [1.82, 2.24) is 0 Å². The van der Waals surface area contributed by atoms with E-state index in [4.69, 9.17) is 0 Å². The molecule has 2 aromatic carbocycles. The van der Waals surface area contributed by atoms with Crippen molar-refractivity contribution in [3.05, 3.63) is 64.5 Å². The lowest BCUT2D eigenvalue weighted by molar-refractivity contribution is 0.0716. The average molecular weight is 302 g/mol. The number of ether oxygens (including phenoxy) is 1. The summed E-state index contributed by atoms with van der Waals surface area (Å²) in [5.41, 5.74) is 0.570. The van der Waals surface area contributed by atoms with E-state index < -0.39 is 40.8 Å². The Kier molecular flexibility index (Phi) is 3.93. The molecule has 0 spiro atoms. The fraction of sp³-hybridized carbons (Fsp3) is 0.0714. The molecule has 0 amide bonds. The second kappa shape index (κ2) is 5.51. The number of benzene rings is 2.